The van der Waals surface area contributed by atoms with E-state index in [1.165, 1.54) is 0 Å². The molecule has 3 heteroatoms. The van der Waals surface area contributed by atoms with Crippen LogP contribution in [0.15, 0.2) is 0 Å². The van der Waals surface area contributed by atoms with Gasteiger partial charge in [0, 0.05) is 5.54 Å². The SMILES string of the molecule is CC(C)(C)NC(=O)OC1(C)CC1. The van der Waals surface area contributed by atoms with Crippen LogP contribution in [0.2, 0.25) is 0 Å². The van der Waals surface area contributed by atoms with Gasteiger partial charge in [0.05, 0.1) is 0 Å². The molecule has 1 aliphatic carbocycles. The Labute approximate surface area is 73.5 Å². The Bertz CT molecular complexity index is 180. The molecule has 0 aromatic rings. The summed E-state index contributed by atoms with van der Waals surface area (Å²) in [4.78, 5) is 11.2. The number of hydrogen-bond donors (Lipinski definition) is 1. The third kappa shape index (κ3) is 3.11. The summed E-state index contributed by atoms with van der Waals surface area (Å²) in [6.07, 6.45) is 1.68. The molecule has 0 aromatic heterocycles. The Morgan fingerprint density at radius 1 is 1.42 bits per heavy atom. The van der Waals surface area contributed by atoms with Crippen LogP contribution in [0.3, 0.4) is 0 Å². The molecule has 3 nitrogen and oxygen atoms in total. The van der Waals surface area contributed by atoms with E-state index in [0.717, 1.165) is 12.8 Å². The Kier molecular flexibility index (Phi) is 2.06. The molecule has 0 spiro atoms. The van der Waals surface area contributed by atoms with E-state index in [4.69, 9.17) is 4.74 Å². The summed E-state index contributed by atoms with van der Waals surface area (Å²) < 4.78 is 5.17. The van der Waals surface area contributed by atoms with E-state index in [1.807, 2.05) is 27.7 Å². The number of carbonyl (C=O) groups is 1. The molecule has 0 unspecified atom stereocenters. The van der Waals surface area contributed by atoms with E-state index in [9.17, 15) is 4.79 Å². The van der Waals surface area contributed by atoms with Crippen molar-refractivity contribution in [2.75, 3.05) is 0 Å². The maximum atomic E-state index is 11.2. The number of carbonyl (C=O) groups excluding carboxylic acids is 1. The topological polar surface area (TPSA) is 38.3 Å². The lowest BCUT2D eigenvalue weighted by atomic mass is 10.1. The summed E-state index contributed by atoms with van der Waals surface area (Å²) >= 11 is 0. The molecule has 0 aromatic carbocycles. The molecule has 0 aliphatic heterocycles. The van der Waals surface area contributed by atoms with Crippen molar-refractivity contribution >= 4 is 6.09 Å². The van der Waals surface area contributed by atoms with Crippen LogP contribution in [-0.2, 0) is 4.74 Å². The van der Waals surface area contributed by atoms with Gasteiger partial charge in [-0.05, 0) is 40.5 Å². The minimum absolute atomic E-state index is 0.171. The summed E-state index contributed by atoms with van der Waals surface area (Å²) in [5.41, 5.74) is -0.377. The van der Waals surface area contributed by atoms with Crippen molar-refractivity contribution in [2.45, 2.75) is 51.7 Å². The Balaban J connectivity index is 2.30. The van der Waals surface area contributed by atoms with Gasteiger partial charge in [-0.3, -0.25) is 0 Å². The molecule has 1 amide bonds. The van der Waals surface area contributed by atoms with Crippen molar-refractivity contribution in [3.8, 4) is 0 Å². The molecule has 1 fully saturated rings. The normalized spacial score (nSPS) is 20.0. The molecule has 0 bridgehead atoms. The van der Waals surface area contributed by atoms with Gasteiger partial charge in [0.15, 0.2) is 0 Å². The van der Waals surface area contributed by atoms with Crippen LogP contribution in [0, 0.1) is 0 Å². The van der Waals surface area contributed by atoms with E-state index < -0.39 is 0 Å². The zero-order valence-electron chi connectivity index (χ0n) is 8.23. The smallest absolute Gasteiger partial charge is 0.408 e. The van der Waals surface area contributed by atoms with Crippen LogP contribution in [0.25, 0.3) is 0 Å². The molecule has 1 rings (SSSR count). The molecular weight excluding hydrogens is 154 g/mol. The Hall–Kier alpha value is -0.730. The fraction of sp³-hybridized carbons (Fsp3) is 0.889. The van der Waals surface area contributed by atoms with Gasteiger partial charge >= 0.3 is 6.09 Å². The van der Waals surface area contributed by atoms with Crippen molar-refractivity contribution in [1.29, 1.82) is 0 Å². The minimum atomic E-state index is -0.303. The molecule has 70 valence electrons. The van der Waals surface area contributed by atoms with E-state index >= 15 is 0 Å². The Morgan fingerprint density at radius 2 is 1.92 bits per heavy atom. The second-order valence-electron chi connectivity index (χ2n) is 4.71. The summed E-state index contributed by atoms with van der Waals surface area (Å²) in [6.45, 7) is 7.76. The summed E-state index contributed by atoms with van der Waals surface area (Å²) in [5.74, 6) is 0. The van der Waals surface area contributed by atoms with Crippen molar-refractivity contribution in [3.63, 3.8) is 0 Å². The maximum Gasteiger partial charge on any atom is 0.408 e. The third-order valence-electron chi connectivity index (χ3n) is 1.77. The Morgan fingerprint density at radius 3 is 2.25 bits per heavy atom. The number of nitrogens with one attached hydrogen (secondary N) is 1. The number of rotatable bonds is 1. The largest absolute Gasteiger partial charge is 0.443 e. The van der Waals surface area contributed by atoms with Crippen LogP contribution >= 0.6 is 0 Å². The molecule has 0 radical (unpaired) electrons. The van der Waals surface area contributed by atoms with Gasteiger partial charge in [0.1, 0.15) is 5.60 Å². The monoisotopic (exact) mass is 171 g/mol. The highest BCUT2D eigenvalue weighted by molar-refractivity contribution is 5.68. The molecule has 1 N–H and O–H groups in total. The number of amides is 1. The van der Waals surface area contributed by atoms with E-state index in [-0.39, 0.29) is 17.2 Å². The van der Waals surface area contributed by atoms with Crippen LogP contribution < -0.4 is 5.32 Å². The van der Waals surface area contributed by atoms with Crippen molar-refractivity contribution in [2.24, 2.45) is 0 Å². The van der Waals surface area contributed by atoms with Crippen molar-refractivity contribution < 1.29 is 9.53 Å². The van der Waals surface area contributed by atoms with Crippen molar-refractivity contribution in [1.82, 2.24) is 5.32 Å². The van der Waals surface area contributed by atoms with Crippen LogP contribution in [0.5, 0.6) is 0 Å². The summed E-state index contributed by atoms with van der Waals surface area (Å²) in [7, 11) is 0. The average molecular weight is 171 g/mol. The van der Waals surface area contributed by atoms with Crippen molar-refractivity contribution in [3.05, 3.63) is 0 Å². The predicted molar refractivity (Wildman–Crippen MR) is 47.0 cm³/mol. The van der Waals surface area contributed by atoms with E-state index in [2.05, 4.69) is 5.32 Å². The van der Waals surface area contributed by atoms with Gasteiger partial charge < -0.3 is 10.1 Å². The minimum Gasteiger partial charge on any atom is -0.443 e. The standard InChI is InChI=1S/C9H17NO2/c1-8(2,3)10-7(11)12-9(4)5-6-9/h5-6H2,1-4H3,(H,10,11). The molecule has 12 heavy (non-hydrogen) atoms. The van der Waals surface area contributed by atoms with Crippen LogP contribution in [-0.4, -0.2) is 17.2 Å². The first-order chi connectivity index (χ1) is 5.31. The van der Waals surface area contributed by atoms with Gasteiger partial charge in [0.2, 0.25) is 0 Å². The number of ether oxygens (including phenoxy) is 1. The average Bonchev–Trinajstić information content (AvgIpc) is 2.40. The van der Waals surface area contributed by atoms with Gasteiger partial charge in [-0.15, -0.1) is 0 Å². The number of hydrogen-bond acceptors (Lipinski definition) is 2. The second-order valence-corrected chi connectivity index (χ2v) is 4.71. The second kappa shape index (κ2) is 2.64. The van der Waals surface area contributed by atoms with Crippen LogP contribution in [0.4, 0.5) is 4.79 Å². The molecule has 1 aliphatic rings. The fourth-order valence-corrected chi connectivity index (χ4v) is 0.834. The lowest BCUT2D eigenvalue weighted by Crippen LogP contribution is -2.42. The quantitative estimate of drug-likeness (QED) is 0.655. The maximum absolute atomic E-state index is 11.2. The summed E-state index contributed by atoms with van der Waals surface area (Å²) in [5, 5.41) is 2.75. The van der Waals surface area contributed by atoms with Crippen LogP contribution in [0.1, 0.15) is 40.5 Å². The van der Waals surface area contributed by atoms with Gasteiger partial charge in [-0.1, -0.05) is 0 Å². The van der Waals surface area contributed by atoms with Gasteiger partial charge in [-0.25, -0.2) is 4.79 Å². The first-order valence-electron chi connectivity index (χ1n) is 4.32. The highest BCUT2D eigenvalue weighted by Gasteiger charge is 2.42. The van der Waals surface area contributed by atoms with E-state index in [1.54, 1.807) is 0 Å². The lowest BCUT2D eigenvalue weighted by Gasteiger charge is -2.21. The van der Waals surface area contributed by atoms with Gasteiger partial charge in [-0.2, -0.15) is 0 Å². The fourth-order valence-electron chi connectivity index (χ4n) is 0.834. The molecular formula is C9H17NO2. The van der Waals surface area contributed by atoms with E-state index in [0.29, 0.717) is 0 Å². The lowest BCUT2D eigenvalue weighted by molar-refractivity contribution is 0.0871. The molecule has 1 saturated carbocycles. The molecule has 0 atom stereocenters. The highest BCUT2D eigenvalue weighted by Crippen LogP contribution is 2.38. The first-order valence-corrected chi connectivity index (χ1v) is 4.32. The predicted octanol–water partition coefficient (Wildman–Crippen LogP) is 2.06. The summed E-state index contributed by atoms with van der Waals surface area (Å²) in [6, 6.07) is 0. The first kappa shape index (κ1) is 9.36. The molecule has 0 saturated heterocycles. The van der Waals surface area contributed by atoms with Gasteiger partial charge in [0.25, 0.3) is 0 Å². The molecule has 0 heterocycles. The zero-order valence-corrected chi connectivity index (χ0v) is 8.23. The third-order valence-corrected chi connectivity index (χ3v) is 1.77. The highest BCUT2D eigenvalue weighted by atomic mass is 16.6. The zero-order chi connectivity index (χ0) is 9.41. The number of alkyl carbamates (subject to hydrolysis) is 1.